The van der Waals surface area contributed by atoms with Crippen molar-refractivity contribution in [3.8, 4) is 0 Å². The zero-order chi connectivity index (χ0) is 46.5. The zero-order valence-electron chi connectivity index (χ0n) is 38.0. The molecule has 0 aromatic carbocycles. The van der Waals surface area contributed by atoms with E-state index in [2.05, 4.69) is 48.1 Å². The second-order valence-corrected chi connectivity index (χ2v) is 21.6. The largest absolute Gasteiger partial charge is 0.444 e. The van der Waals surface area contributed by atoms with E-state index in [1.54, 1.807) is 12.1 Å². The van der Waals surface area contributed by atoms with Crippen LogP contribution in [0.2, 0.25) is 0 Å². The highest BCUT2D eigenvalue weighted by molar-refractivity contribution is 7.89. The van der Waals surface area contributed by atoms with Crippen molar-refractivity contribution in [2.45, 2.75) is 166 Å². The molecule has 2 aromatic heterocycles. The molecule has 4 atom stereocenters. The molecule has 2 amide bonds. The summed E-state index contributed by atoms with van der Waals surface area (Å²) in [5.74, 6) is 0.581. The van der Waals surface area contributed by atoms with Crippen LogP contribution in [0.4, 0.5) is 19.8 Å². The van der Waals surface area contributed by atoms with Gasteiger partial charge >= 0.3 is 12.2 Å². The van der Waals surface area contributed by atoms with Gasteiger partial charge in [-0.05, 0) is 149 Å². The summed E-state index contributed by atoms with van der Waals surface area (Å²) in [7, 11) is -7.69. The molecular weight excluding hydrogens is 828 g/mol. The number of ether oxygens (including phenoxy) is 2. The summed E-state index contributed by atoms with van der Waals surface area (Å²) in [6.45, 7) is 23.0. The molecule has 0 aliphatic carbocycles. The molecule has 0 radical (unpaired) electrons. The molecule has 2 aliphatic rings. The quantitative estimate of drug-likeness (QED) is 0.109. The van der Waals surface area contributed by atoms with Gasteiger partial charge in [-0.25, -0.2) is 46.7 Å². The minimum Gasteiger partial charge on any atom is -0.444 e. The van der Waals surface area contributed by atoms with E-state index in [1.807, 2.05) is 51.3 Å². The van der Waals surface area contributed by atoms with Crippen LogP contribution in [-0.4, -0.2) is 97.2 Å². The number of anilines is 1. The van der Waals surface area contributed by atoms with E-state index in [-0.39, 0.29) is 28.3 Å². The highest BCUT2D eigenvalue weighted by Crippen LogP contribution is 2.40. The number of hydrogen-bond acceptors (Lipinski definition) is 12. The van der Waals surface area contributed by atoms with Crippen molar-refractivity contribution < 1.29 is 40.3 Å². The molecule has 61 heavy (non-hydrogen) atoms. The number of nitrogens with two attached hydrogens (primary N) is 3. The lowest BCUT2D eigenvalue weighted by molar-refractivity contribution is 0.00785. The van der Waals surface area contributed by atoms with Crippen LogP contribution < -0.4 is 21.3 Å². The summed E-state index contributed by atoms with van der Waals surface area (Å²) < 4.78 is 67.4. The van der Waals surface area contributed by atoms with Gasteiger partial charge in [0, 0.05) is 30.7 Å². The van der Waals surface area contributed by atoms with Gasteiger partial charge in [-0.2, -0.15) is 4.39 Å². The highest BCUT2D eigenvalue weighted by Gasteiger charge is 2.46. The van der Waals surface area contributed by atoms with Crippen LogP contribution in [0, 0.1) is 17.8 Å². The number of carbonyl (C=O) groups excluding carboxylic acids is 2. The lowest BCUT2D eigenvalue weighted by Gasteiger charge is -2.36. The third kappa shape index (κ3) is 18.3. The Morgan fingerprint density at radius 3 is 1.57 bits per heavy atom. The predicted molar refractivity (Wildman–Crippen MR) is 236 cm³/mol. The number of carbonyl (C=O) groups is 2. The van der Waals surface area contributed by atoms with Crippen LogP contribution in [0.25, 0.3) is 0 Å². The Hall–Kier alpha value is -3.65. The van der Waals surface area contributed by atoms with E-state index in [0.717, 1.165) is 89.4 Å². The van der Waals surface area contributed by atoms with Gasteiger partial charge in [0.15, 0.2) is 10.1 Å². The second kappa shape index (κ2) is 22.6. The molecule has 2 aromatic rings. The Morgan fingerprint density at radius 2 is 1.20 bits per heavy atom. The van der Waals surface area contributed by atoms with Crippen LogP contribution in [0.1, 0.15) is 133 Å². The van der Waals surface area contributed by atoms with E-state index < -0.39 is 42.2 Å². The van der Waals surface area contributed by atoms with Crippen molar-refractivity contribution in [3.63, 3.8) is 0 Å². The smallest absolute Gasteiger partial charge is 0.410 e. The molecule has 0 spiro atoms. The molecule has 4 unspecified atom stereocenters. The number of aromatic nitrogens is 2. The molecule has 2 aliphatic heterocycles. The second-order valence-electron chi connectivity index (χ2n) is 18.6. The third-order valence-electron chi connectivity index (χ3n) is 10.4. The number of sulfonamides is 2. The van der Waals surface area contributed by atoms with Gasteiger partial charge in [-0.15, -0.1) is 0 Å². The van der Waals surface area contributed by atoms with Gasteiger partial charge in [0.05, 0.1) is 0 Å². The first-order valence-corrected chi connectivity index (χ1v) is 24.3. The number of pyridine rings is 2. The molecule has 2 saturated heterocycles. The van der Waals surface area contributed by atoms with Gasteiger partial charge < -0.3 is 30.3 Å². The summed E-state index contributed by atoms with van der Waals surface area (Å²) in [5.41, 5.74) is 4.43. The summed E-state index contributed by atoms with van der Waals surface area (Å²) in [5, 5.41) is 12.3. The lowest BCUT2D eigenvalue weighted by atomic mass is 9.88. The van der Waals surface area contributed by atoms with E-state index in [1.165, 1.54) is 12.1 Å². The molecule has 348 valence electrons. The average molecular weight is 901 g/mol. The topological polar surface area (TPSA) is 243 Å². The maximum absolute atomic E-state index is 12.7. The number of likely N-dealkylation sites (tertiary alicyclic amines) is 2. The first kappa shape index (κ1) is 53.5. The first-order chi connectivity index (χ1) is 28.1. The van der Waals surface area contributed by atoms with Gasteiger partial charge in [0.1, 0.15) is 17.0 Å². The highest BCUT2D eigenvalue weighted by atomic mass is 32.2. The predicted octanol–water partition coefficient (Wildman–Crippen LogP) is 7.15. The molecule has 0 bridgehead atoms. The normalized spacial score (nSPS) is 21.8. The molecule has 0 saturated carbocycles. The maximum atomic E-state index is 12.7. The number of rotatable bonds is 14. The van der Waals surface area contributed by atoms with Crippen molar-refractivity contribution in [1.29, 1.82) is 0 Å². The van der Waals surface area contributed by atoms with E-state index in [4.69, 9.17) is 20.3 Å². The lowest BCUT2D eigenvalue weighted by Crippen LogP contribution is -2.47. The zero-order valence-corrected chi connectivity index (χ0v) is 39.6. The third-order valence-corrected chi connectivity index (χ3v) is 12.0. The summed E-state index contributed by atoms with van der Waals surface area (Å²) in [4.78, 5) is 36.2. The van der Waals surface area contributed by atoms with Crippen molar-refractivity contribution in [2.24, 2.45) is 27.8 Å². The van der Waals surface area contributed by atoms with Crippen molar-refractivity contribution in [1.82, 2.24) is 19.8 Å². The van der Waals surface area contributed by atoms with E-state index in [9.17, 15) is 30.8 Å². The first-order valence-electron chi connectivity index (χ1n) is 21.2. The fourth-order valence-corrected chi connectivity index (χ4v) is 8.92. The summed E-state index contributed by atoms with van der Waals surface area (Å²) >= 11 is 0. The Kier molecular flexibility index (Phi) is 19.8. The Bertz CT molecular complexity index is 1940. The molecule has 2 fully saturated rings. The van der Waals surface area contributed by atoms with Crippen LogP contribution in [0.3, 0.4) is 0 Å². The monoisotopic (exact) mass is 900 g/mol. The SMILES string of the molecule is CCCC1(C)CC(CCCN)CN1C(=O)OC(C)(C)C.CCCC1(C)CC(CCCNc2cccc(S(N)(=O)=O)n2)CN1C(=O)OC(C)(C)C.NS(=O)(=O)c1cccc(F)n1. The summed E-state index contributed by atoms with van der Waals surface area (Å²) in [6.07, 6.45) is 9.69. The number of halogens is 1. The molecule has 4 rings (SSSR count). The van der Waals surface area contributed by atoms with Crippen LogP contribution >= 0.6 is 0 Å². The van der Waals surface area contributed by atoms with Crippen molar-refractivity contribution in [2.75, 3.05) is 31.5 Å². The van der Waals surface area contributed by atoms with Gasteiger partial charge in [0.25, 0.3) is 20.0 Å². The summed E-state index contributed by atoms with van der Waals surface area (Å²) in [6, 6.07) is 8.09. The fourth-order valence-electron chi connectivity index (χ4n) is 7.95. The van der Waals surface area contributed by atoms with Crippen molar-refractivity contribution >= 4 is 38.1 Å². The molecular formula is C42H73FN8O8S2. The number of primary sulfonamides is 2. The molecule has 7 N–H and O–H groups in total. The standard InChI is InChI=1S/C21H36N4O4S.C16H32N2O2.C5H5FN2O2S/c1-6-12-21(5)14-16(15-25(21)19(26)29-20(2,3)4)9-8-13-23-17-10-7-11-18(24-17)30(22,27)28;1-6-9-16(5)11-13(8-7-10-17)12-18(16)14(19)20-15(2,3)4;6-4-2-1-3-5(8-4)11(7,9)10/h7,10-11,16H,6,8-9,12-15H2,1-5H3,(H,23,24)(H2,22,27,28);13H,6-12,17H2,1-5H3;1-3H,(H2,7,9,10). The number of amides is 2. The number of hydrogen-bond donors (Lipinski definition) is 4. The van der Waals surface area contributed by atoms with E-state index >= 15 is 0 Å². The van der Waals surface area contributed by atoms with Crippen LogP contribution in [0.15, 0.2) is 46.5 Å². The van der Waals surface area contributed by atoms with Gasteiger partial charge in [-0.1, -0.05) is 38.8 Å². The fraction of sp³-hybridized carbons (Fsp3) is 0.714. The van der Waals surface area contributed by atoms with Crippen LogP contribution in [-0.2, 0) is 29.5 Å². The molecule has 4 heterocycles. The van der Waals surface area contributed by atoms with Gasteiger partial charge in [0.2, 0.25) is 5.95 Å². The van der Waals surface area contributed by atoms with Crippen LogP contribution in [0.5, 0.6) is 0 Å². The number of nitrogens with one attached hydrogen (secondary N) is 1. The minimum absolute atomic E-state index is 0.0592. The van der Waals surface area contributed by atoms with Crippen molar-refractivity contribution in [3.05, 3.63) is 42.3 Å². The molecule has 16 nitrogen and oxygen atoms in total. The Balaban J connectivity index is 0.000000353. The Labute approximate surface area is 364 Å². The van der Waals surface area contributed by atoms with Gasteiger partial charge in [-0.3, -0.25) is 0 Å². The number of nitrogens with zero attached hydrogens (tertiary/aromatic N) is 4. The molecule has 19 heteroatoms. The maximum Gasteiger partial charge on any atom is 0.410 e. The minimum atomic E-state index is -3.88. The average Bonchev–Trinajstić information content (AvgIpc) is 3.63. The van der Waals surface area contributed by atoms with E-state index in [0.29, 0.717) is 30.7 Å². The Morgan fingerprint density at radius 1 is 0.770 bits per heavy atom.